The maximum atomic E-state index is 11.7. The quantitative estimate of drug-likeness (QED) is 0.636. The molecule has 0 unspecified atom stereocenters. The van der Waals surface area contributed by atoms with Crippen molar-refractivity contribution in [2.24, 2.45) is 0 Å². The van der Waals surface area contributed by atoms with E-state index in [1.54, 1.807) is 0 Å². The fourth-order valence-electron chi connectivity index (χ4n) is 1.53. The Labute approximate surface area is 114 Å². The van der Waals surface area contributed by atoms with Gasteiger partial charge in [-0.2, -0.15) is 0 Å². The molecule has 4 nitrogen and oxygen atoms in total. The fourth-order valence-corrected chi connectivity index (χ4v) is 3.02. The molecule has 0 aromatic heterocycles. The van der Waals surface area contributed by atoms with Crippen LogP contribution in [0.2, 0.25) is 5.02 Å². The zero-order valence-electron chi connectivity index (χ0n) is 9.23. The van der Waals surface area contributed by atoms with Gasteiger partial charge in [0.2, 0.25) is 0 Å². The Morgan fingerprint density at radius 1 is 1.33 bits per heavy atom. The molecular formula is C11H10Cl2O4S. The lowest BCUT2D eigenvalue weighted by molar-refractivity contribution is 0.00898. The van der Waals surface area contributed by atoms with Gasteiger partial charge in [-0.25, -0.2) is 13.2 Å². The molecule has 0 heterocycles. The van der Waals surface area contributed by atoms with Gasteiger partial charge >= 0.3 is 5.97 Å². The molecule has 1 fully saturated rings. The third-order valence-corrected chi connectivity index (χ3v) is 4.56. The Kier molecular flexibility index (Phi) is 3.84. The molecule has 0 aliphatic heterocycles. The van der Waals surface area contributed by atoms with E-state index in [0.29, 0.717) is 0 Å². The summed E-state index contributed by atoms with van der Waals surface area (Å²) in [6.45, 7) is 0. The molecule has 1 saturated carbocycles. The summed E-state index contributed by atoms with van der Waals surface area (Å²) in [5.74, 6) is -0.557. The van der Waals surface area contributed by atoms with E-state index >= 15 is 0 Å². The summed E-state index contributed by atoms with van der Waals surface area (Å²) in [7, 11) is 1.24. The van der Waals surface area contributed by atoms with Gasteiger partial charge in [-0.1, -0.05) is 11.6 Å². The maximum Gasteiger partial charge on any atom is 0.338 e. The molecule has 1 aliphatic carbocycles. The van der Waals surface area contributed by atoms with Crippen LogP contribution in [0.15, 0.2) is 23.1 Å². The van der Waals surface area contributed by atoms with Gasteiger partial charge in [0.15, 0.2) is 0 Å². The van der Waals surface area contributed by atoms with Crippen LogP contribution in [-0.4, -0.2) is 20.5 Å². The second kappa shape index (κ2) is 5.07. The lowest BCUT2D eigenvalue weighted by Crippen LogP contribution is -2.25. The minimum Gasteiger partial charge on any atom is -0.459 e. The number of rotatable bonds is 3. The van der Waals surface area contributed by atoms with Gasteiger partial charge in [0.1, 0.15) is 11.0 Å². The second-order valence-electron chi connectivity index (χ2n) is 4.04. The smallest absolute Gasteiger partial charge is 0.338 e. The normalized spacial score (nSPS) is 16.1. The summed E-state index contributed by atoms with van der Waals surface area (Å²) >= 11 is 5.71. The molecule has 1 aromatic rings. The molecule has 7 heteroatoms. The van der Waals surface area contributed by atoms with Crippen LogP contribution >= 0.6 is 22.3 Å². The van der Waals surface area contributed by atoms with Crippen LogP contribution in [0.5, 0.6) is 0 Å². The van der Waals surface area contributed by atoms with E-state index in [9.17, 15) is 13.2 Å². The summed E-state index contributed by atoms with van der Waals surface area (Å²) in [5, 5.41) is -0.0230. The molecule has 0 N–H and O–H groups in total. The lowest BCUT2D eigenvalue weighted by atomic mass is 9.96. The number of ether oxygens (including phenoxy) is 1. The highest BCUT2D eigenvalue weighted by Gasteiger charge is 2.24. The highest BCUT2D eigenvalue weighted by molar-refractivity contribution is 8.13. The molecular weight excluding hydrogens is 299 g/mol. The average Bonchev–Trinajstić information content (AvgIpc) is 2.22. The molecule has 0 spiro atoms. The predicted octanol–water partition coefficient (Wildman–Crippen LogP) is 2.98. The van der Waals surface area contributed by atoms with E-state index in [4.69, 9.17) is 27.0 Å². The van der Waals surface area contributed by atoms with E-state index in [-0.39, 0.29) is 21.6 Å². The topological polar surface area (TPSA) is 60.4 Å². The van der Waals surface area contributed by atoms with Crippen molar-refractivity contribution in [2.45, 2.75) is 30.3 Å². The van der Waals surface area contributed by atoms with E-state index < -0.39 is 15.0 Å². The highest BCUT2D eigenvalue weighted by Crippen LogP contribution is 2.27. The zero-order valence-corrected chi connectivity index (χ0v) is 11.6. The molecule has 2 rings (SSSR count). The largest absolute Gasteiger partial charge is 0.459 e. The molecule has 0 radical (unpaired) electrons. The highest BCUT2D eigenvalue weighted by atomic mass is 35.7. The number of halogens is 2. The second-order valence-corrected chi connectivity index (χ2v) is 6.98. The summed E-state index contributed by atoms with van der Waals surface area (Å²) in [4.78, 5) is 11.5. The first kappa shape index (κ1) is 13.6. The van der Waals surface area contributed by atoms with Gasteiger partial charge in [0.05, 0.1) is 10.6 Å². The number of esters is 1. The molecule has 0 bridgehead atoms. The van der Waals surface area contributed by atoms with Gasteiger partial charge < -0.3 is 4.74 Å². The van der Waals surface area contributed by atoms with E-state index in [1.165, 1.54) is 12.1 Å². The fraction of sp³-hybridized carbons (Fsp3) is 0.364. The summed E-state index contributed by atoms with van der Waals surface area (Å²) < 4.78 is 27.7. The van der Waals surface area contributed by atoms with Crippen LogP contribution in [-0.2, 0) is 13.8 Å². The molecule has 98 valence electrons. The van der Waals surface area contributed by atoms with E-state index in [2.05, 4.69) is 0 Å². The Bertz CT molecular complexity index is 579. The molecule has 1 aromatic carbocycles. The monoisotopic (exact) mass is 308 g/mol. The van der Waals surface area contributed by atoms with Crippen molar-refractivity contribution < 1.29 is 17.9 Å². The van der Waals surface area contributed by atoms with Crippen molar-refractivity contribution in [3.63, 3.8) is 0 Å². The number of hydrogen-bond acceptors (Lipinski definition) is 4. The van der Waals surface area contributed by atoms with E-state index in [0.717, 1.165) is 25.3 Å². The van der Waals surface area contributed by atoms with Crippen molar-refractivity contribution in [1.29, 1.82) is 0 Å². The number of benzene rings is 1. The first-order valence-electron chi connectivity index (χ1n) is 5.33. The molecule has 18 heavy (non-hydrogen) atoms. The number of carbonyl (C=O) groups is 1. The zero-order chi connectivity index (χ0) is 13.3. The van der Waals surface area contributed by atoms with Crippen LogP contribution in [0.1, 0.15) is 29.6 Å². The first-order valence-corrected chi connectivity index (χ1v) is 8.02. The molecule has 0 atom stereocenters. The van der Waals surface area contributed by atoms with Gasteiger partial charge in [-0.15, -0.1) is 0 Å². The van der Waals surface area contributed by atoms with Crippen LogP contribution in [0.25, 0.3) is 0 Å². The average molecular weight is 309 g/mol. The van der Waals surface area contributed by atoms with Crippen molar-refractivity contribution in [2.75, 3.05) is 0 Å². The summed E-state index contributed by atoms with van der Waals surface area (Å²) in [5.41, 5.74) is 0.130. The maximum absolute atomic E-state index is 11.7. The standard InChI is InChI=1S/C11H10Cl2O4S/c12-9-5-4-7(6-10(9)18(13,15)16)11(14)17-8-2-1-3-8/h4-6,8H,1-3H2. The minimum absolute atomic E-state index is 0.0230. The van der Waals surface area contributed by atoms with Crippen molar-refractivity contribution in [3.8, 4) is 0 Å². The molecule has 1 aliphatic rings. The predicted molar refractivity (Wildman–Crippen MR) is 67.5 cm³/mol. The lowest BCUT2D eigenvalue weighted by Gasteiger charge is -2.25. The third kappa shape index (κ3) is 2.96. The van der Waals surface area contributed by atoms with Crippen LogP contribution in [0.3, 0.4) is 0 Å². The van der Waals surface area contributed by atoms with Gasteiger partial charge in [-0.3, -0.25) is 0 Å². The van der Waals surface area contributed by atoms with Crippen LogP contribution < -0.4 is 0 Å². The number of hydrogen-bond donors (Lipinski definition) is 0. The van der Waals surface area contributed by atoms with Crippen molar-refractivity contribution in [1.82, 2.24) is 0 Å². The summed E-state index contributed by atoms with van der Waals surface area (Å²) in [6, 6.07) is 3.86. The SMILES string of the molecule is O=C(OC1CCC1)c1ccc(Cl)c(S(=O)(=O)Cl)c1. The van der Waals surface area contributed by atoms with Gasteiger partial charge in [0, 0.05) is 10.7 Å². The Hall–Kier alpha value is -0.780. The van der Waals surface area contributed by atoms with Crippen LogP contribution in [0, 0.1) is 0 Å². The minimum atomic E-state index is -3.98. The van der Waals surface area contributed by atoms with E-state index in [1.807, 2.05) is 0 Å². The van der Waals surface area contributed by atoms with Gasteiger partial charge in [-0.05, 0) is 37.5 Å². The van der Waals surface area contributed by atoms with Crippen molar-refractivity contribution in [3.05, 3.63) is 28.8 Å². The van der Waals surface area contributed by atoms with Crippen LogP contribution in [0.4, 0.5) is 0 Å². The Morgan fingerprint density at radius 2 is 2.00 bits per heavy atom. The first-order chi connectivity index (χ1) is 8.38. The Morgan fingerprint density at radius 3 is 2.50 bits per heavy atom. The van der Waals surface area contributed by atoms with Crippen molar-refractivity contribution >= 4 is 37.3 Å². The molecule has 0 amide bonds. The summed E-state index contributed by atoms with van der Waals surface area (Å²) in [6.07, 6.45) is 2.67. The van der Waals surface area contributed by atoms with Gasteiger partial charge in [0.25, 0.3) is 9.05 Å². The molecule has 0 saturated heterocycles. The number of carbonyl (C=O) groups excluding carboxylic acids is 1. The third-order valence-electron chi connectivity index (χ3n) is 2.76. The Balaban J connectivity index is 2.26.